The number of carbonyl (C=O) groups is 3. The Balaban J connectivity index is 1.79. The lowest BCUT2D eigenvalue weighted by Crippen LogP contribution is -2.27. The second kappa shape index (κ2) is 10.6. The first-order valence-electron chi connectivity index (χ1n) is 9.79. The highest BCUT2D eigenvalue weighted by Gasteiger charge is 2.35. The van der Waals surface area contributed by atoms with Gasteiger partial charge in [-0.25, -0.2) is 4.79 Å². The largest absolute Gasteiger partial charge is 0.493 e. The molecular formula is C23H22ClNO6S. The highest BCUT2D eigenvalue weighted by atomic mass is 35.5. The molecule has 0 saturated carbocycles. The van der Waals surface area contributed by atoms with Crippen LogP contribution in [0.5, 0.6) is 11.5 Å². The minimum atomic E-state index is -0.531. The highest BCUT2D eigenvalue weighted by Crippen LogP contribution is 2.39. The summed E-state index contributed by atoms with van der Waals surface area (Å²) >= 11 is 7.18. The molecule has 1 heterocycles. The van der Waals surface area contributed by atoms with E-state index in [9.17, 15) is 14.4 Å². The standard InChI is InChI=1S/C23H22ClNO6S/c1-4-30-20(26)13-31-21-17(24)9-16(10-18(21)29-3)11-19-22(27)25(23(28)32-19)12-15-7-5-14(2)6-8-15/h5-11H,4,12-13H2,1-3H3/b19-11-. The number of amides is 2. The van der Waals surface area contributed by atoms with Crippen molar-refractivity contribution in [1.82, 2.24) is 4.90 Å². The van der Waals surface area contributed by atoms with E-state index in [1.165, 1.54) is 12.0 Å². The molecule has 2 aromatic rings. The first-order chi connectivity index (χ1) is 15.3. The van der Waals surface area contributed by atoms with Crippen molar-refractivity contribution in [3.05, 3.63) is 63.0 Å². The van der Waals surface area contributed by atoms with E-state index < -0.39 is 5.97 Å². The Morgan fingerprint density at radius 2 is 1.91 bits per heavy atom. The van der Waals surface area contributed by atoms with E-state index in [0.717, 1.165) is 22.9 Å². The highest BCUT2D eigenvalue weighted by molar-refractivity contribution is 8.18. The van der Waals surface area contributed by atoms with Crippen molar-refractivity contribution in [3.8, 4) is 11.5 Å². The van der Waals surface area contributed by atoms with Crippen LogP contribution >= 0.6 is 23.4 Å². The zero-order valence-corrected chi connectivity index (χ0v) is 19.4. The van der Waals surface area contributed by atoms with Gasteiger partial charge in [0.1, 0.15) is 0 Å². The number of hydrogen-bond donors (Lipinski definition) is 0. The summed E-state index contributed by atoms with van der Waals surface area (Å²) in [4.78, 5) is 38.3. The van der Waals surface area contributed by atoms with Gasteiger partial charge in [0.15, 0.2) is 18.1 Å². The van der Waals surface area contributed by atoms with Crippen LogP contribution in [0, 0.1) is 6.92 Å². The number of rotatable bonds is 8. The van der Waals surface area contributed by atoms with Gasteiger partial charge in [-0.15, -0.1) is 0 Å². The zero-order valence-electron chi connectivity index (χ0n) is 17.8. The first-order valence-corrected chi connectivity index (χ1v) is 11.0. The van der Waals surface area contributed by atoms with Crippen LogP contribution in [0.3, 0.4) is 0 Å². The van der Waals surface area contributed by atoms with Gasteiger partial charge in [0.05, 0.1) is 30.2 Å². The first kappa shape index (κ1) is 23.7. The van der Waals surface area contributed by atoms with E-state index >= 15 is 0 Å². The average Bonchev–Trinajstić information content (AvgIpc) is 3.01. The number of carbonyl (C=O) groups excluding carboxylic acids is 3. The summed E-state index contributed by atoms with van der Waals surface area (Å²) < 4.78 is 15.6. The molecule has 0 radical (unpaired) electrons. The van der Waals surface area contributed by atoms with Crippen molar-refractivity contribution in [2.75, 3.05) is 20.3 Å². The van der Waals surface area contributed by atoms with Crippen molar-refractivity contribution in [2.24, 2.45) is 0 Å². The SMILES string of the molecule is CCOC(=O)COc1c(Cl)cc(/C=C2\SC(=O)N(Cc3ccc(C)cc3)C2=O)cc1OC. The molecule has 1 aliphatic rings. The summed E-state index contributed by atoms with van der Waals surface area (Å²) in [5.41, 5.74) is 2.52. The molecule has 0 bridgehead atoms. The Morgan fingerprint density at radius 1 is 1.19 bits per heavy atom. The molecular weight excluding hydrogens is 454 g/mol. The summed E-state index contributed by atoms with van der Waals surface area (Å²) in [5, 5.41) is -0.145. The summed E-state index contributed by atoms with van der Waals surface area (Å²) in [6, 6.07) is 10.8. The van der Waals surface area contributed by atoms with E-state index in [2.05, 4.69) is 0 Å². The predicted molar refractivity (Wildman–Crippen MR) is 123 cm³/mol. The van der Waals surface area contributed by atoms with Crippen molar-refractivity contribution in [3.63, 3.8) is 0 Å². The minimum Gasteiger partial charge on any atom is -0.493 e. The van der Waals surface area contributed by atoms with Gasteiger partial charge >= 0.3 is 5.97 Å². The molecule has 1 aliphatic heterocycles. The monoisotopic (exact) mass is 475 g/mol. The molecule has 0 unspecified atom stereocenters. The van der Waals surface area contributed by atoms with Crippen molar-refractivity contribution in [1.29, 1.82) is 0 Å². The molecule has 0 atom stereocenters. The Labute approximate surface area is 195 Å². The van der Waals surface area contributed by atoms with E-state index in [0.29, 0.717) is 5.56 Å². The van der Waals surface area contributed by atoms with Crippen LogP contribution in [0.2, 0.25) is 5.02 Å². The number of esters is 1. The summed E-state index contributed by atoms with van der Waals surface area (Å²) in [5.74, 6) is -0.436. The second-order valence-electron chi connectivity index (χ2n) is 6.88. The van der Waals surface area contributed by atoms with Gasteiger partial charge in [0, 0.05) is 0 Å². The minimum absolute atomic E-state index is 0.187. The van der Waals surface area contributed by atoms with Crippen LogP contribution < -0.4 is 9.47 Å². The Morgan fingerprint density at radius 3 is 2.56 bits per heavy atom. The molecule has 0 spiro atoms. The topological polar surface area (TPSA) is 82.1 Å². The van der Waals surface area contributed by atoms with Gasteiger partial charge in [-0.05, 0) is 54.9 Å². The molecule has 2 aromatic carbocycles. The van der Waals surface area contributed by atoms with Gasteiger partial charge in [0.25, 0.3) is 11.1 Å². The number of nitrogens with zero attached hydrogens (tertiary/aromatic N) is 1. The van der Waals surface area contributed by atoms with Crippen LogP contribution in [0.4, 0.5) is 4.79 Å². The molecule has 3 rings (SSSR count). The van der Waals surface area contributed by atoms with Crippen LogP contribution in [0.25, 0.3) is 6.08 Å². The number of aryl methyl sites for hydroxylation is 1. The maximum Gasteiger partial charge on any atom is 0.344 e. The van der Waals surface area contributed by atoms with E-state index in [1.807, 2.05) is 31.2 Å². The van der Waals surface area contributed by atoms with Gasteiger partial charge in [0.2, 0.25) is 0 Å². The molecule has 9 heteroatoms. The number of ether oxygens (including phenoxy) is 3. The summed E-state index contributed by atoms with van der Waals surface area (Å²) in [7, 11) is 1.43. The van der Waals surface area contributed by atoms with Gasteiger partial charge in [-0.1, -0.05) is 41.4 Å². The van der Waals surface area contributed by atoms with Crippen molar-refractivity contribution < 1.29 is 28.6 Å². The fourth-order valence-electron chi connectivity index (χ4n) is 2.96. The van der Waals surface area contributed by atoms with Crippen LogP contribution in [-0.2, 0) is 20.9 Å². The summed E-state index contributed by atoms with van der Waals surface area (Å²) in [6.45, 7) is 3.79. The molecule has 2 amide bonds. The number of imide groups is 1. The van der Waals surface area contributed by atoms with E-state index in [-0.39, 0.29) is 52.3 Å². The lowest BCUT2D eigenvalue weighted by molar-refractivity contribution is -0.145. The Hall–Kier alpha value is -2.97. The quantitative estimate of drug-likeness (QED) is 0.399. The van der Waals surface area contributed by atoms with Gasteiger partial charge in [-0.3, -0.25) is 14.5 Å². The van der Waals surface area contributed by atoms with Crippen LogP contribution in [0.1, 0.15) is 23.6 Å². The molecule has 0 aromatic heterocycles. The van der Waals surface area contributed by atoms with Crippen molar-refractivity contribution >= 4 is 46.6 Å². The number of hydrogen-bond acceptors (Lipinski definition) is 7. The fraction of sp³-hybridized carbons (Fsp3) is 0.261. The molecule has 1 saturated heterocycles. The van der Waals surface area contributed by atoms with Crippen LogP contribution in [-0.4, -0.2) is 42.3 Å². The van der Waals surface area contributed by atoms with Crippen molar-refractivity contribution in [2.45, 2.75) is 20.4 Å². The molecule has 7 nitrogen and oxygen atoms in total. The second-order valence-corrected chi connectivity index (χ2v) is 8.28. The molecule has 32 heavy (non-hydrogen) atoms. The number of methoxy groups -OCH3 is 1. The van der Waals surface area contributed by atoms with Gasteiger partial charge in [-0.2, -0.15) is 0 Å². The molecule has 168 valence electrons. The fourth-order valence-corrected chi connectivity index (χ4v) is 4.07. The lowest BCUT2D eigenvalue weighted by Gasteiger charge is -2.13. The Bertz CT molecular complexity index is 1070. The molecule has 0 N–H and O–H groups in total. The Kier molecular flexibility index (Phi) is 7.82. The maximum absolute atomic E-state index is 12.8. The zero-order chi connectivity index (χ0) is 23.3. The molecule has 0 aliphatic carbocycles. The number of benzene rings is 2. The van der Waals surface area contributed by atoms with E-state index in [4.69, 9.17) is 25.8 Å². The average molecular weight is 476 g/mol. The predicted octanol–water partition coefficient (Wildman–Crippen LogP) is 4.84. The lowest BCUT2D eigenvalue weighted by atomic mass is 10.1. The third-order valence-electron chi connectivity index (χ3n) is 4.52. The normalized spacial score (nSPS) is 14.8. The van der Waals surface area contributed by atoms with Gasteiger partial charge < -0.3 is 14.2 Å². The summed E-state index contributed by atoms with van der Waals surface area (Å²) in [6.07, 6.45) is 1.57. The third-order valence-corrected chi connectivity index (χ3v) is 5.71. The number of halogens is 1. The maximum atomic E-state index is 12.8. The number of thioether (sulfide) groups is 1. The van der Waals surface area contributed by atoms with E-state index in [1.54, 1.807) is 25.1 Å². The van der Waals surface area contributed by atoms with Crippen LogP contribution in [0.15, 0.2) is 41.3 Å². The third kappa shape index (κ3) is 5.63. The molecule has 1 fully saturated rings. The smallest absolute Gasteiger partial charge is 0.344 e.